The van der Waals surface area contributed by atoms with Crippen LogP contribution in [0.15, 0.2) is 35.4 Å². The lowest BCUT2D eigenvalue weighted by molar-refractivity contribution is 0.355. The van der Waals surface area contributed by atoms with Gasteiger partial charge in [-0.05, 0) is 45.3 Å². The van der Waals surface area contributed by atoms with Crippen LogP contribution in [-0.4, -0.2) is 55.7 Å². The molecule has 7 heteroatoms. The molecule has 2 aromatic heterocycles. The van der Waals surface area contributed by atoms with Crippen LogP contribution >= 0.6 is 0 Å². The first-order chi connectivity index (χ1) is 13.5. The van der Waals surface area contributed by atoms with Crippen molar-refractivity contribution in [1.29, 1.82) is 0 Å². The third-order valence-electron chi connectivity index (χ3n) is 5.04. The van der Waals surface area contributed by atoms with Crippen molar-refractivity contribution in [2.45, 2.75) is 6.42 Å². The quantitative estimate of drug-likeness (QED) is 0.393. The molecular weight excluding hydrogens is 356 g/mol. The van der Waals surface area contributed by atoms with Gasteiger partial charge in [0.2, 0.25) is 0 Å². The predicted molar refractivity (Wildman–Crippen MR) is 112 cm³/mol. The fraction of sp³-hybridized carbons (Fsp3) is 0.333. The smallest absolute Gasteiger partial charge is 0.199 e. The van der Waals surface area contributed by atoms with E-state index in [1.165, 1.54) is 0 Å². The SMILES string of the molecule is COc1cc2c(=O)c3c(NCCCN(C)C)ccc4ncn(c2cc1OC)c43. The molecule has 7 nitrogen and oxygen atoms in total. The van der Waals surface area contributed by atoms with E-state index < -0.39 is 0 Å². The molecule has 28 heavy (non-hydrogen) atoms. The molecular formula is C21H24N4O3. The molecule has 0 atom stereocenters. The standard InChI is InChI=1S/C21H24N4O3/c1-24(2)9-5-8-22-14-6-7-15-20-19(14)21(26)13-10-17(27-3)18(28-4)11-16(13)25(20)12-23-15/h6-7,10-12,22H,5,8-9H2,1-4H3. The van der Waals surface area contributed by atoms with E-state index in [9.17, 15) is 4.79 Å². The maximum Gasteiger partial charge on any atom is 0.199 e. The van der Waals surface area contributed by atoms with Gasteiger partial charge in [-0.15, -0.1) is 0 Å². The van der Waals surface area contributed by atoms with Crippen molar-refractivity contribution in [3.8, 4) is 11.5 Å². The average molecular weight is 380 g/mol. The number of rotatable bonds is 7. The second kappa shape index (κ2) is 7.16. The summed E-state index contributed by atoms with van der Waals surface area (Å²) in [5, 5.41) is 4.66. The van der Waals surface area contributed by atoms with Crippen molar-refractivity contribution in [2.24, 2.45) is 0 Å². The molecule has 0 aliphatic carbocycles. The number of anilines is 1. The van der Waals surface area contributed by atoms with Crippen LogP contribution in [0.1, 0.15) is 6.42 Å². The van der Waals surface area contributed by atoms with Crippen molar-refractivity contribution in [2.75, 3.05) is 46.7 Å². The zero-order chi connectivity index (χ0) is 19.8. The molecule has 2 heterocycles. The Kier molecular flexibility index (Phi) is 4.68. The van der Waals surface area contributed by atoms with E-state index in [0.29, 0.717) is 22.3 Å². The minimum Gasteiger partial charge on any atom is -0.493 e. The fourth-order valence-electron chi connectivity index (χ4n) is 3.67. The summed E-state index contributed by atoms with van der Waals surface area (Å²) in [5.41, 5.74) is 3.16. The predicted octanol–water partition coefficient (Wildman–Crippen LogP) is 2.82. The lowest BCUT2D eigenvalue weighted by atomic mass is 10.1. The first kappa shape index (κ1) is 18.3. The van der Waals surface area contributed by atoms with Crippen LogP contribution in [-0.2, 0) is 0 Å². The van der Waals surface area contributed by atoms with Crippen molar-refractivity contribution in [1.82, 2.24) is 14.3 Å². The molecule has 0 radical (unpaired) electrons. The number of aromatic nitrogens is 2. The van der Waals surface area contributed by atoms with Gasteiger partial charge in [0.25, 0.3) is 0 Å². The number of imidazole rings is 1. The largest absolute Gasteiger partial charge is 0.493 e. The van der Waals surface area contributed by atoms with Crippen molar-refractivity contribution in [3.63, 3.8) is 0 Å². The number of nitrogens with zero attached hydrogens (tertiary/aromatic N) is 3. The highest BCUT2D eigenvalue weighted by molar-refractivity contribution is 6.07. The summed E-state index contributed by atoms with van der Waals surface area (Å²) in [7, 11) is 7.26. The van der Waals surface area contributed by atoms with Crippen LogP contribution in [0.4, 0.5) is 5.69 Å². The first-order valence-electron chi connectivity index (χ1n) is 9.25. The van der Waals surface area contributed by atoms with Gasteiger partial charge in [0.05, 0.1) is 41.5 Å². The molecule has 4 aromatic rings. The van der Waals surface area contributed by atoms with E-state index in [-0.39, 0.29) is 5.43 Å². The van der Waals surface area contributed by atoms with Gasteiger partial charge in [0.15, 0.2) is 16.9 Å². The summed E-state index contributed by atoms with van der Waals surface area (Å²) in [4.78, 5) is 20.1. The number of hydrogen-bond donors (Lipinski definition) is 1. The minimum atomic E-state index is -0.0373. The van der Waals surface area contributed by atoms with Crippen LogP contribution in [0.5, 0.6) is 11.5 Å². The van der Waals surface area contributed by atoms with Crippen LogP contribution in [0.25, 0.3) is 27.3 Å². The van der Waals surface area contributed by atoms with Gasteiger partial charge in [-0.2, -0.15) is 0 Å². The zero-order valence-electron chi connectivity index (χ0n) is 16.6. The fourth-order valence-corrected chi connectivity index (χ4v) is 3.67. The van der Waals surface area contributed by atoms with E-state index >= 15 is 0 Å². The average Bonchev–Trinajstić information content (AvgIpc) is 3.13. The number of hydrogen-bond acceptors (Lipinski definition) is 6. The van der Waals surface area contributed by atoms with E-state index in [0.717, 1.165) is 41.7 Å². The minimum absolute atomic E-state index is 0.0373. The topological polar surface area (TPSA) is 68.1 Å². The highest BCUT2D eigenvalue weighted by Crippen LogP contribution is 2.34. The number of fused-ring (bicyclic) bond motifs is 2. The van der Waals surface area contributed by atoms with Crippen LogP contribution in [0.3, 0.4) is 0 Å². The molecule has 0 aliphatic heterocycles. The Bertz CT molecular complexity index is 1200. The third kappa shape index (κ3) is 2.88. The lowest BCUT2D eigenvalue weighted by Gasteiger charge is -2.14. The molecule has 0 aliphatic rings. The second-order valence-corrected chi connectivity index (χ2v) is 7.11. The molecule has 0 saturated heterocycles. The molecule has 0 unspecified atom stereocenters. The van der Waals surface area contributed by atoms with E-state index in [1.807, 2.05) is 22.6 Å². The monoisotopic (exact) mass is 380 g/mol. The Labute approximate surface area is 162 Å². The Balaban J connectivity index is 1.93. The van der Waals surface area contributed by atoms with Crippen molar-refractivity contribution in [3.05, 3.63) is 40.8 Å². The Morgan fingerprint density at radius 1 is 1.14 bits per heavy atom. The summed E-state index contributed by atoms with van der Waals surface area (Å²) >= 11 is 0. The molecule has 0 amide bonds. The van der Waals surface area contributed by atoms with Gasteiger partial charge >= 0.3 is 0 Å². The highest BCUT2D eigenvalue weighted by atomic mass is 16.5. The number of ether oxygens (including phenoxy) is 2. The summed E-state index contributed by atoms with van der Waals surface area (Å²) in [5.74, 6) is 1.11. The summed E-state index contributed by atoms with van der Waals surface area (Å²) in [6.07, 6.45) is 2.74. The van der Waals surface area contributed by atoms with Gasteiger partial charge in [0.1, 0.15) is 6.33 Å². The number of methoxy groups -OCH3 is 2. The van der Waals surface area contributed by atoms with E-state index in [4.69, 9.17) is 9.47 Å². The number of nitrogens with one attached hydrogen (secondary N) is 1. The summed E-state index contributed by atoms with van der Waals surface area (Å²) in [6, 6.07) is 7.46. The number of benzene rings is 2. The first-order valence-corrected chi connectivity index (χ1v) is 9.25. The van der Waals surface area contributed by atoms with Crippen LogP contribution < -0.4 is 20.2 Å². The maximum absolute atomic E-state index is 13.4. The third-order valence-corrected chi connectivity index (χ3v) is 5.04. The molecule has 0 bridgehead atoms. The van der Waals surface area contributed by atoms with Gasteiger partial charge in [-0.25, -0.2) is 4.98 Å². The Morgan fingerprint density at radius 2 is 1.89 bits per heavy atom. The summed E-state index contributed by atoms with van der Waals surface area (Å²) < 4.78 is 12.8. The molecule has 1 N–H and O–H groups in total. The van der Waals surface area contributed by atoms with Gasteiger partial charge in [-0.3, -0.25) is 9.20 Å². The second-order valence-electron chi connectivity index (χ2n) is 7.11. The molecule has 0 saturated carbocycles. The molecule has 0 fully saturated rings. The lowest BCUT2D eigenvalue weighted by Crippen LogP contribution is -2.17. The number of pyridine rings is 1. The van der Waals surface area contributed by atoms with Crippen molar-refractivity contribution >= 4 is 33.0 Å². The van der Waals surface area contributed by atoms with E-state index in [2.05, 4.69) is 29.3 Å². The normalized spacial score (nSPS) is 11.8. The Hall–Kier alpha value is -3.06. The molecule has 4 rings (SSSR count). The van der Waals surface area contributed by atoms with Crippen LogP contribution in [0.2, 0.25) is 0 Å². The summed E-state index contributed by atoms with van der Waals surface area (Å²) in [6.45, 7) is 1.77. The van der Waals surface area contributed by atoms with Gasteiger partial charge in [-0.1, -0.05) is 0 Å². The van der Waals surface area contributed by atoms with Gasteiger partial charge < -0.3 is 19.7 Å². The van der Waals surface area contributed by atoms with Gasteiger partial charge in [0, 0.05) is 18.3 Å². The highest BCUT2D eigenvalue weighted by Gasteiger charge is 2.18. The van der Waals surface area contributed by atoms with Crippen molar-refractivity contribution < 1.29 is 9.47 Å². The van der Waals surface area contributed by atoms with E-state index in [1.54, 1.807) is 26.6 Å². The van der Waals surface area contributed by atoms with Crippen LogP contribution in [0, 0.1) is 0 Å². The Morgan fingerprint density at radius 3 is 2.61 bits per heavy atom. The molecule has 2 aromatic carbocycles. The zero-order valence-corrected chi connectivity index (χ0v) is 16.6. The maximum atomic E-state index is 13.4. The molecule has 146 valence electrons. The molecule has 0 spiro atoms.